The number of piperidine rings is 1. The number of hydrogen-bond donors (Lipinski definition) is 2. The Morgan fingerprint density at radius 1 is 1.38 bits per heavy atom. The van der Waals surface area contributed by atoms with Crippen LogP contribution >= 0.6 is 0 Å². The number of carbonyl (C=O) groups is 1. The van der Waals surface area contributed by atoms with Gasteiger partial charge in [0.15, 0.2) is 0 Å². The molecule has 1 saturated heterocycles. The molecule has 0 bridgehead atoms. The third-order valence-corrected chi connectivity index (χ3v) is 4.86. The van der Waals surface area contributed by atoms with E-state index in [0.29, 0.717) is 6.54 Å². The van der Waals surface area contributed by atoms with Gasteiger partial charge in [0.05, 0.1) is 11.1 Å². The monoisotopic (exact) mass is 292 g/mol. The molecule has 118 valence electrons. The van der Waals surface area contributed by atoms with Crippen molar-refractivity contribution in [2.75, 3.05) is 13.1 Å². The highest BCUT2D eigenvalue weighted by Gasteiger charge is 2.38. The van der Waals surface area contributed by atoms with Crippen molar-refractivity contribution in [1.29, 1.82) is 0 Å². The van der Waals surface area contributed by atoms with E-state index in [-0.39, 0.29) is 11.3 Å². The Bertz CT molecular complexity index is 495. The Balaban J connectivity index is 2.05. The quantitative estimate of drug-likeness (QED) is 0.870. The van der Waals surface area contributed by atoms with Crippen molar-refractivity contribution in [1.82, 2.24) is 20.4 Å². The van der Waals surface area contributed by atoms with Gasteiger partial charge in [-0.2, -0.15) is 5.10 Å². The van der Waals surface area contributed by atoms with Crippen molar-refractivity contribution in [2.45, 2.75) is 53.0 Å². The minimum Gasteiger partial charge on any atom is -0.351 e. The summed E-state index contributed by atoms with van der Waals surface area (Å²) in [7, 11) is 1.94. The van der Waals surface area contributed by atoms with E-state index in [2.05, 4.69) is 22.7 Å². The van der Waals surface area contributed by atoms with Gasteiger partial charge >= 0.3 is 0 Å². The molecule has 0 aliphatic carbocycles. The predicted octanol–water partition coefficient (Wildman–Crippen LogP) is 1.82. The summed E-state index contributed by atoms with van der Waals surface area (Å²) in [5, 5.41) is 10.9. The Hall–Kier alpha value is -1.36. The number of aromatic nitrogens is 2. The highest BCUT2D eigenvalue weighted by Crippen LogP contribution is 2.34. The Labute approximate surface area is 127 Å². The SMILES string of the molecule is CCCC1(C(=O)NCc2c(C)nn(C)c2C)CCNCC1. The molecule has 1 amide bonds. The van der Waals surface area contributed by atoms with Gasteiger partial charge in [0, 0.05) is 24.8 Å². The number of nitrogens with one attached hydrogen (secondary N) is 2. The van der Waals surface area contributed by atoms with Crippen molar-refractivity contribution < 1.29 is 4.79 Å². The topological polar surface area (TPSA) is 59.0 Å². The van der Waals surface area contributed by atoms with Crippen LogP contribution in [0.3, 0.4) is 0 Å². The number of nitrogens with zero attached hydrogens (tertiary/aromatic N) is 2. The number of carbonyl (C=O) groups excluding carboxylic acids is 1. The van der Waals surface area contributed by atoms with Crippen LogP contribution in [0.25, 0.3) is 0 Å². The van der Waals surface area contributed by atoms with Gasteiger partial charge in [-0.1, -0.05) is 13.3 Å². The van der Waals surface area contributed by atoms with Gasteiger partial charge in [-0.15, -0.1) is 0 Å². The summed E-state index contributed by atoms with van der Waals surface area (Å²) in [5.74, 6) is 0.216. The van der Waals surface area contributed by atoms with Crippen LogP contribution in [0.2, 0.25) is 0 Å². The van der Waals surface area contributed by atoms with Crippen molar-refractivity contribution in [2.24, 2.45) is 12.5 Å². The lowest BCUT2D eigenvalue weighted by molar-refractivity contribution is -0.133. The average molecular weight is 292 g/mol. The molecule has 1 fully saturated rings. The highest BCUT2D eigenvalue weighted by molar-refractivity contribution is 5.82. The number of hydrogen-bond acceptors (Lipinski definition) is 3. The molecule has 0 aromatic carbocycles. The first-order valence-electron chi connectivity index (χ1n) is 7.98. The van der Waals surface area contributed by atoms with E-state index in [1.54, 1.807) is 0 Å². The minimum atomic E-state index is -0.177. The van der Waals surface area contributed by atoms with Crippen LogP contribution in [0.15, 0.2) is 0 Å². The molecule has 0 saturated carbocycles. The number of rotatable bonds is 5. The van der Waals surface area contributed by atoms with Crippen LogP contribution in [0.4, 0.5) is 0 Å². The summed E-state index contributed by atoms with van der Waals surface area (Å²) in [6.07, 6.45) is 3.92. The van der Waals surface area contributed by atoms with Crippen molar-refractivity contribution >= 4 is 5.91 Å². The lowest BCUT2D eigenvalue weighted by Crippen LogP contribution is -2.47. The predicted molar refractivity (Wildman–Crippen MR) is 84.0 cm³/mol. The van der Waals surface area contributed by atoms with E-state index in [1.165, 1.54) is 0 Å². The van der Waals surface area contributed by atoms with E-state index in [0.717, 1.165) is 55.7 Å². The third kappa shape index (κ3) is 3.28. The van der Waals surface area contributed by atoms with Gasteiger partial charge in [0.2, 0.25) is 5.91 Å². The first-order valence-corrected chi connectivity index (χ1v) is 7.98. The van der Waals surface area contributed by atoms with E-state index in [1.807, 2.05) is 25.6 Å². The van der Waals surface area contributed by atoms with Crippen LogP contribution in [-0.2, 0) is 18.4 Å². The molecule has 1 aliphatic heterocycles. The van der Waals surface area contributed by atoms with Gasteiger partial charge < -0.3 is 10.6 Å². The molecule has 21 heavy (non-hydrogen) atoms. The first kappa shape index (κ1) is 16.0. The number of aryl methyl sites for hydroxylation is 2. The molecule has 1 aromatic heterocycles. The zero-order valence-electron chi connectivity index (χ0n) is 13.8. The molecule has 2 heterocycles. The van der Waals surface area contributed by atoms with Crippen molar-refractivity contribution in [3.8, 4) is 0 Å². The lowest BCUT2D eigenvalue weighted by Gasteiger charge is -2.36. The Kier molecular flexibility index (Phi) is 5.04. The zero-order valence-corrected chi connectivity index (χ0v) is 13.8. The maximum Gasteiger partial charge on any atom is 0.226 e. The highest BCUT2D eigenvalue weighted by atomic mass is 16.2. The van der Waals surface area contributed by atoms with Crippen LogP contribution in [0.5, 0.6) is 0 Å². The normalized spacial score (nSPS) is 17.7. The third-order valence-electron chi connectivity index (χ3n) is 4.86. The number of amides is 1. The van der Waals surface area contributed by atoms with Crippen molar-refractivity contribution in [3.05, 3.63) is 17.0 Å². The summed E-state index contributed by atoms with van der Waals surface area (Å²) >= 11 is 0. The van der Waals surface area contributed by atoms with E-state index in [4.69, 9.17) is 0 Å². The second-order valence-electron chi connectivity index (χ2n) is 6.24. The largest absolute Gasteiger partial charge is 0.351 e. The van der Waals surface area contributed by atoms with Crippen LogP contribution in [0.1, 0.15) is 49.6 Å². The molecule has 5 heteroatoms. The van der Waals surface area contributed by atoms with Crippen LogP contribution < -0.4 is 10.6 Å². The van der Waals surface area contributed by atoms with E-state index >= 15 is 0 Å². The fourth-order valence-electron chi connectivity index (χ4n) is 3.40. The molecule has 2 rings (SSSR count). The molecule has 1 aliphatic rings. The smallest absolute Gasteiger partial charge is 0.226 e. The summed E-state index contributed by atoms with van der Waals surface area (Å²) in [4.78, 5) is 12.7. The molecule has 0 unspecified atom stereocenters. The molecule has 0 spiro atoms. The van der Waals surface area contributed by atoms with Gasteiger partial charge in [-0.3, -0.25) is 9.48 Å². The molecule has 0 atom stereocenters. The fourth-order valence-corrected chi connectivity index (χ4v) is 3.40. The first-order chi connectivity index (χ1) is 10.00. The lowest BCUT2D eigenvalue weighted by atomic mass is 9.74. The fraction of sp³-hybridized carbons (Fsp3) is 0.750. The molecular weight excluding hydrogens is 264 g/mol. The summed E-state index contributed by atoms with van der Waals surface area (Å²) in [6.45, 7) is 8.68. The average Bonchev–Trinajstić information content (AvgIpc) is 2.71. The van der Waals surface area contributed by atoms with Crippen LogP contribution in [0, 0.1) is 19.3 Å². The van der Waals surface area contributed by atoms with E-state index < -0.39 is 0 Å². The second kappa shape index (κ2) is 6.60. The molecule has 0 radical (unpaired) electrons. The molecule has 2 N–H and O–H groups in total. The van der Waals surface area contributed by atoms with Gasteiger partial charge in [0.25, 0.3) is 0 Å². The summed E-state index contributed by atoms with van der Waals surface area (Å²) < 4.78 is 1.88. The summed E-state index contributed by atoms with van der Waals surface area (Å²) in [5.41, 5.74) is 3.10. The second-order valence-corrected chi connectivity index (χ2v) is 6.24. The Morgan fingerprint density at radius 3 is 2.57 bits per heavy atom. The summed E-state index contributed by atoms with van der Waals surface area (Å²) in [6, 6.07) is 0. The standard InChI is InChI=1S/C16H28N4O/c1-5-6-16(7-9-17-10-8-16)15(21)18-11-14-12(2)19-20(4)13(14)3/h17H,5-11H2,1-4H3,(H,18,21). The van der Waals surface area contributed by atoms with Gasteiger partial charge in [0.1, 0.15) is 0 Å². The zero-order chi connectivity index (χ0) is 15.5. The molecule has 5 nitrogen and oxygen atoms in total. The van der Waals surface area contributed by atoms with Crippen LogP contribution in [-0.4, -0.2) is 28.8 Å². The minimum absolute atomic E-state index is 0.177. The molecule has 1 aromatic rings. The molecular formula is C16H28N4O. The Morgan fingerprint density at radius 2 is 2.05 bits per heavy atom. The van der Waals surface area contributed by atoms with Crippen molar-refractivity contribution in [3.63, 3.8) is 0 Å². The maximum absolute atomic E-state index is 12.7. The maximum atomic E-state index is 12.7. The van der Waals surface area contributed by atoms with Gasteiger partial charge in [-0.25, -0.2) is 0 Å². The van der Waals surface area contributed by atoms with E-state index in [9.17, 15) is 4.79 Å². The van der Waals surface area contributed by atoms with Gasteiger partial charge in [-0.05, 0) is 46.2 Å².